The third-order valence-electron chi connectivity index (χ3n) is 4.58. The SMILES string of the molecule is COCCNCc1cnc(N2CCC3CCCCC32)s1. The van der Waals surface area contributed by atoms with Gasteiger partial charge in [-0.15, -0.1) is 11.3 Å². The summed E-state index contributed by atoms with van der Waals surface area (Å²) < 4.78 is 5.04. The number of ether oxygens (including phenoxy) is 1. The van der Waals surface area contributed by atoms with E-state index >= 15 is 0 Å². The summed E-state index contributed by atoms with van der Waals surface area (Å²) in [7, 11) is 1.74. The number of fused-ring (bicyclic) bond motifs is 1. The van der Waals surface area contributed by atoms with Gasteiger partial charge in [-0.2, -0.15) is 0 Å². The Morgan fingerprint density at radius 2 is 2.30 bits per heavy atom. The van der Waals surface area contributed by atoms with Gasteiger partial charge < -0.3 is 15.0 Å². The number of hydrogen-bond donors (Lipinski definition) is 1. The van der Waals surface area contributed by atoms with Gasteiger partial charge >= 0.3 is 0 Å². The van der Waals surface area contributed by atoms with Crippen molar-refractivity contribution >= 4 is 16.5 Å². The first-order valence-corrected chi connectivity index (χ1v) is 8.61. The van der Waals surface area contributed by atoms with Crippen molar-refractivity contribution < 1.29 is 4.74 Å². The first-order chi connectivity index (χ1) is 9.88. The second-order valence-corrected chi connectivity index (χ2v) is 6.97. The Bertz CT molecular complexity index is 423. The van der Waals surface area contributed by atoms with Crippen LogP contribution in [0.15, 0.2) is 6.20 Å². The molecule has 20 heavy (non-hydrogen) atoms. The molecule has 112 valence electrons. The number of methoxy groups -OCH3 is 1. The molecule has 0 spiro atoms. The van der Waals surface area contributed by atoms with E-state index < -0.39 is 0 Å². The summed E-state index contributed by atoms with van der Waals surface area (Å²) in [5, 5.41) is 4.63. The third-order valence-corrected chi connectivity index (χ3v) is 5.61. The van der Waals surface area contributed by atoms with Crippen molar-refractivity contribution in [2.24, 2.45) is 5.92 Å². The highest BCUT2D eigenvalue weighted by atomic mass is 32.1. The molecule has 2 unspecified atom stereocenters. The van der Waals surface area contributed by atoms with Crippen LogP contribution in [0.3, 0.4) is 0 Å². The maximum absolute atomic E-state index is 5.04. The molecule has 2 fully saturated rings. The molecular weight excluding hydrogens is 270 g/mol. The van der Waals surface area contributed by atoms with E-state index in [4.69, 9.17) is 4.74 Å². The molecule has 1 saturated carbocycles. The van der Waals surface area contributed by atoms with Crippen LogP contribution in [-0.4, -0.2) is 37.8 Å². The van der Waals surface area contributed by atoms with E-state index in [2.05, 4.69) is 15.2 Å². The lowest BCUT2D eigenvalue weighted by atomic mass is 9.85. The van der Waals surface area contributed by atoms with Gasteiger partial charge in [0.1, 0.15) is 0 Å². The number of nitrogens with one attached hydrogen (secondary N) is 1. The van der Waals surface area contributed by atoms with Crippen LogP contribution in [0.5, 0.6) is 0 Å². The topological polar surface area (TPSA) is 37.4 Å². The van der Waals surface area contributed by atoms with E-state index in [-0.39, 0.29) is 0 Å². The molecular formula is C15H25N3OS. The first-order valence-electron chi connectivity index (χ1n) is 7.79. The quantitative estimate of drug-likeness (QED) is 0.819. The molecule has 2 atom stereocenters. The molecule has 1 aliphatic heterocycles. The maximum Gasteiger partial charge on any atom is 0.185 e. The summed E-state index contributed by atoms with van der Waals surface area (Å²) in [5.74, 6) is 0.927. The Hall–Kier alpha value is -0.650. The Labute approximate surface area is 125 Å². The summed E-state index contributed by atoms with van der Waals surface area (Å²) in [6, 6.07) is 0.768. The minimum atomic E-state index is 0.765. The van der Waals surface area contributed by atoms with Gasteiger partial charge in [0.2, 0.25) is 0 Å². The van der Waals surface area contributed by atoms with Crippen LogP contribution in [-0.2, 0) is 11.3 Å². The van der Waals surface area contributed by atoms with Gasteiger partial charge in [0.05, 0.1) is 6.61 Å². The number of rotatable bonds is 6. The van der Waals surface area contributed by atoms with Crippen molar-refractivity contribution in [3.63, 3.8) is 0 Å². The smallest absolute Gasteiger partial charge is 0.185 e. The number of thiazole rings is 1. The van der Waals surface area contributed by atoms with E-state index in [9.17, 15) is 0 Å². The van der Waals surface area contributed by atoms with E-state index in [1.165, 1.54) is 48.7 Å². The summed E-state index contributed by atoms with van der Waals surface area (Å²) in [4.78, 5) is 8.57. The average Bonchev–Trinajstić information content (AvgIpc) is 3.10. The summed E-state index contributed by atoms with van der Waals surface area (Å²) >= 11 is 1.86. The van der Waals surface area contributed by atoms with Gasteiger partial charge in [-0.1, -0.05) is 12.8 Å². The molecule has 0 radical (unpaired) electrons. The Balaban J connectivity index is 1.56. The minimum absolute atomic E-state index is 0.765. The van der Waals surface area contributed by atoms with Gasteiger partial charge in [0.15, 0.2) is 5.13 Å². The zero-order chi connectivity index (χ0) is 13.8. The van der Waals surface area contributed by atoms with Gasteiger partial charge in [0.25, 0.3) is 0 Å². The summed E-state index contributed by atoms with van der Waals surface area (Å²) in [5.41, 5.74) is 0. The lowest BCUT2D eigenvalue weighted by Crippen LogP contribution is -2.34. The zero-order valence-corrected chi connectivity index (χ0v) is 13.1. The van der Waals surface area contributed by atoms with Crippen LogP contribution in [0.25, 0.3) is 0 Å². The minimum Gasteiger partial charge on any atom is -0.383 e. The molecule has 1 N–H and O–H groups in total. The predicted octanol–water partition coefficient (Wildman–Crippen LogP) is 2.65. The molecule has 5 heteroatoms. The highest BCUT2D eigenvalue weighted by molar-refractivity contribution is 7.15. The Kier molecular flexibility index (Phi) is 4.91. The maximum atomic E-state index is 5.04. The lowest BCUT2D eigenvalue weighted by Gasteiger charge is -2.31. The van der Waals surface area contributed by atoms with Crippen molar-refractivity contribution in [1.82, 2.24) is 10.3 Å². The van der Waals surface area contributed by atoms with Gasteiger partial charge in [0, 0.05) is 43.9 Å². The highest BCUT2D eigenvalue weighted by Gasteiger charge is 2.36. The second kappa shape index (κ2) is 6.87. The largest absolute Gasteiger partial charge is 0.383 e. The third kappa shape index (κ3) is 3.15. The lowest BCUT2D eigenvalue weighted by molar-refractivity contribution is 0.199. The molecule has 3 rings (SSSR count). The highest BCUT2D eigenvalue weighted by Crippen LogP contribution is 2.39. The summed E-state index contributed by atoms with van der Waals surface area (Å²) in [6.07, 6.45) is 9.03. The zero-order valence-electron chi connectivity index (χ0n) is 12.3. The molecule has 2 heterocycles. The fourth-order valence-electron chi connectivity index (χ4n) is 3.54. The van der Waals surface area contributed by atoms with Crippen LogP contribution >= 0.6 is 11.3 Å². The van der Waals surface area contributed by atoms with Gasteiger partial charge in [-0.25, -0.2) is 4.98 Å². The molecule has 4 nitrogen and oxygen atoms in total. The molecule has 2 aliphatic rings. The van der Waals surface area contributed by atoms with Crippen molar-refractivity contribution in [2.75, 3.05) is 31.7 Å². The normalized spacial score (nSPS) is 25.9. The van der Waals surface area contributed by atoms with Crippen LogP contribution in [0.1, 0.15) is 37.0 Å². The van der Waals surface area contributed by atoms with Crippen LogP contribution in [0.2, 0.25) is 0 Å². The van der Waals surface area contributed by atoms with E-state index in [1.54, 1.807) is 7.11 Å². The van der Waals surface area contributed by atoms with Crippen molar-refractivity contribution in [3.05, 3.63) is 11.1 Å². The monoisotopic (exact) mass is 295 g/mol. The first kappa shape index (κ1) is 14.3. The Morgan fingerprint density at radius 1 is 1.40 bits per heavy atom. The average molecular weight is 295 g/mol. The second-order valence-electron chi connectivity index (χ2n) is 5.87. The number of hydrogen-bond acceptors (Lipinski definition) is 5. The number of anilines is 1. The van der Waals surface area contributed by atoms with Gasteiger partial charge in [-0.05, 0) is 25.2 Å². The fourth-order valence-corrected chi connectivity index (χ4v) is 4.50. The fraction of sp³-hybridized carbons (Fsp3) is 0.800. The molecule has 1 saturated heterocycles. The standard InChI is InChI=1S/C15H25N3OS/c1-19-9-7-16-10-13-11-17-15(20-13)18-8-6-12-4-2-3-5-14(12)18/h11-12,14,16H,2-10H2,1H3. The molecule has 1 aromatic heterocycles. The predicted molar refractivity (Wildman–Crippen MR) is 83.4 cm³/mol. The van der Waals surface area contributed by atoms with Crippen LogP contribution in [0, 0.1) is 5.92 Å². The number of nitrogens with zero attached hydrogens (tertiary/aromatic N) is 2. The van der Waals surface area contributed by atoms with E-state index in [0.29, 0.717) is 0 Å². The van der Waals surface area contributed by atoms with Crippen molar-refractivity contribution in [1.29, 1.82) is 0 Å². The summed E-state index contributed by atoms with van der Waals surface area (Å²) in [6.45, 7) is 3.78. The molecule has 1 aliphatic carbocycles. The molecule has 1 aromatic rings. The van der Waals surface area contributed by atoms with E-state index in [0.717, 1.165) is 31.7 Å². The molecule has 0 bridgehead atoms. The molecule has 0 aromatic carbocycles. The van der Waals surface area contributed by atoms with Gasteiger partial charge in [-0.3, -0.25) is 0 Å². The number of aromatic nitrogens is 1. The van der Waals surface area contributed by atoms with Crippen LogP contribution < -0.4 is 10.2 Å². The Morgan fingerprint density at radius 3 is 3.20 bits per heavy atom. The van der Waals surface area contributed by atoms with E-state index in [1.807, 2.05) is 17.5 Å². The van der Waals surface area contributed by atoms with Crippen molar-refractivity contribution in [3.8, 4) is 0 Å². The van der Waals surface area contributed by atoms with Crippen LogP contribution in [0.4, 0.5) is 5.13 Å². The van der Waals surface area contributed by atoms with Crippen molar-refractivity contribution in [2.45, 2.75) is 44.7 Å². The molecule has 0 amide bonds.